The topological polar surface area (TPSA) is 121 Å². The summed E-state index contributed by atoms with van der Waals surface area (Å²) in [5, 5.41) is 19.0. The molecule has 10 heteroatoms. The molecule has 0 aliphatic rings. The van der Waals surface area contributed by atoms with Gasteiger partial charge in [-0.1, -0.05) is 26.8 Å². The first-order valence-corrected chi connectivity index (χ1v) is 9.98. The van der Waals surface area contributed by atoms with E-state index >= 15 is 0 Å². The summed E-state index contributed by atoms with van der Waals surface area (Å²) in [7, 11) is 1.38. The summed E-state index contributed by atoms with van der Waals surface area (Å²) in [4.78, 5) is 28.5. The van der Waals surface area contributed by atoms with Crippen LogP contribution in [0.25, 0.3) is 5.82 Å². The fourth-order valence-electron chi connectivity index (χ4n) is 2.98. The van der Waals surface area contributed by atoms with Crippen LogP contribution in [0.3, 0.4) is 0 Å². The smallest absolute Gasteiger partial charge is 0.286 e. The van der Waals surface area contributed by atoms with Crippen molar-refractivity contribution >= 4 is 17.4 Å². The van der Waals surface area contributed by atoms with E-state index in [-0.39, 0.29) is 22.5 Å². The fraction of sp³-hybridized carbons (Fsp3) is 0.318. The number of benzene rings is 1. The Bertz CT molecular complexity index is 1140. The lowest BCUT2D eigenvalue weighted by Crippen LogP contribution is -2.17. The summed E-state index contributed by atoms with van der Waals surface area (Å²) in [5.41, 5.74) is -0.140. The van der Waals surface area contributed by atoms with Crippen LogP contribution < -0.4 is 14.8 Å². The second-order valence-corrected chi connectivity index (χ2v) is 7.93. The predicted molar refractivity (Wildman–Crippen MR) is 119 cm³/mol. The van der Waals surface area contributed by atoms with Crippen molar-refractivity contribution in [1.29, 1.82) is 0 Å². The Morgan fingerprint density at radius 3 is 2.53 bits per heavy atom. The lowest BCUT2D eigenvalue weighted by molar-refractivity contribution is -0.385. The summed E-state index contributed by atoms with van der Waals surface area (Å²) in [6.45, 7) is 8.04. The number of nitrogens with one attached hydrogen (secondary N) is 1. The minimum atomic E-state index is -0.683. The van der Waals surface area contributed by atoms with Crippen molar-refractivity contribution in [1.82, 2.24) is 14.8 Å². The Labute approximate surface area is 185 Å². The molecule has 0 aliphatic heterocycles. The number of nitrogens with zero attached hydrogens (tertiary/aromatic N) is 4. The number of carbonyl (C=O) groups is 1. The van der Waals surface area contributed by atoms with Crippen molar-refractivity contribution in [2.45, 2.75) is 33.1 Å². The van der Waals surface area contributed by atoms with Gasteiger partial charge in [0.25, 0.3) is 11.6 Å². The van der Waals surface area contributed by atoms with Gasteiger partial charge in [0.1, 0.15) is 11.4 Å². The average Bonchev–Trinajstić information content (AvgIpc) is 3.18. The molecule has 0 saturated heterocycles. The summed E-state index contributed by atoms with van der Waals surface area (Å²) in [5.74, 6) is 0.556. The van der Waals surface area contributed by atoms with Gasteiger partial charge < -0.3 is 14.8 Å². The third-order valence-electron chi connectivity index (χ3n) is 4.61. The zero-order chi connectivity index (χ0) is 23.5. The number of pyridine rings is 1. The molecule has 0 unspecified atom stereocenters. The molecule has 168 valence electrons. The van der Waals surface area contributed by atoms with E-state index < -0.39 is 16.5 Å². The van der Waals surface area contributed by atoms with Crippen LogP contribution in [0.2, 0.25) is 0 Å². The van der Waals surface area contributed by atoms with Gasteiger partial charge in [-0.15, -0.1) is 0 Å². The van der Waals surface area contributed by atoms with Crippen LogP contribution in [0.5, 0.6) is 11.5 Å². The largest absolute Gasteiger partial charge is 0.493 e. The average molecular weight is 439 g/mol. The molecule has 3 rings (SSSR count). The van der Waals surface area contributed by atoms with E-state index in [9.17, 15) is 14.9 Å². The summed E-state index contributed by atoms with van der Waals surface area (Å²) < 4.78 is 12.2. The first-order valence-electron chi connectivity index (χ1n) is 9.98. The highest BCUT2D eigenvalue weighted by molar-refractivity contribution is 6.07. The van der Waals surface area contributed by atoms with E-state index in [1.807, 2.05) is 20.8 Å². The molecular weight excluding hydrogens is 414 g/mol. The molecule has 1 aromatic carbocycles. The van der Waals surface area contributed by atoms with Crippen LogP contribution >= 0.6 is 0 Å². The number of rotatable bonds is 7. The second kappa shape index (κ2) is 9.04. The van der Waals surface area contributed by atoms with E-state index in [1.54, 1.807) is 37.4 Å². The van der Waals surface area contributed by atoms with Crippen molar-refractivity contribution in [2.75, 3.05) is 19.0 Å². The molecule has 0 bridgehead atoms. The zero-order valence-electron chi connectivity index (χ0n) is 18.6. The fourth-order valence-corrected chi connectivity index (χ4v) is 2.98. The molecule has 0 atom stereocenters. The summed E-state index contributed by atoms with van der Waals surface area (Å²) in [6, 6.07) is 9.53. The predicted octanol–water partition coefficient (Wildman–Crippen LogP) is 4.13. The number of aromatic nitrogens is 3. The van der Waals surface area contributed by atoms with E-state index in [4.69, 9.17) is 9.47 Å². The van der Waals surface area contributed by atoms with Gasteiger partial charge in [-0.3, -0.25) is 14.9 Å². The van der Waals surface area contributed by atoms with E-state index in [2.05, 4.69) is 15.4 Å². The van der Waals surface area contributed by atoms with Crippen molar-refractivity contribution in [3.05, 3.63) is 64.0 Å². The number of hydrogen-bond donors (Lipinski definition) is 1. The van der Waals surface area contributed by atoms with Gasteiger partial charge in [-0.2, -0.15) is 9.78 Å². The highest BCUT2D eigenvalue weighted by Crippen LogP contribution is 2.35. The van der Waals surface area contributed by atoms with E-state index in [1.165, 1.54) is 23.9 Å². The molecule has 3 aromatic rings. The van der Waals surface area contributed by atoms with Gasteiger partial charge in [0.05, 0.1) is 30.4 Å². The van der Waals surface area contributed by atoms with Crippen LogP contribution in [-0.2, 0) is 5.41 Å². The Morgan fingerprint density at radius 1 is 1.22 bits per heavy atom. The second-order valence-electron chi connectivity index (χ2n) is 7.93. The van der Waals surface area contributed by atoms with Gasteiger partial charge in [-0.25, -0.2) is 4.98 Å². The van der Waals surface area contributed by atoms with Gasteiger partial charge in [0.15, 0.2) is 17.3 Å². The maximum absolute atomic E-state index is 13.2. The van der Waals surface area contributed by atoms with E-state index in [0.29, 0.717) is 18.2 Å². The van der Waals surface area contributed by atoms with Crippen LogP contribution in [0, 0.1) is 10.1 Å². The molecule has 0 radical (unpaired) electrons. The van der Waals surface area contributed by atoms with Crippen molar-refractivity contribution in [3.8, 4) is 17.3 Å². The molecule has 1 N–H and O–H groups in total. The van der Waals surface area contributed by atoms with Gasteiger partial charge in [0, 0.05) is 23.7 Å². The summed E-state index contributed by atoms with van der Waals surface area (Å²) >= 11 is 0. The summed E-state index contributed by atoms with van der Waals surface area (Å²) in [6.07, 6.45) is 1.61. The molecular formula is C22H25N5O5. The third kappa shape index (κ3) is 4.69. The number of ether oxygens (including phenoxy) is 2. The minimum absolute atomic E-state index is 0.162. The first kappa shape index (κ1) is 22.7. The van der Waals surface area contributed by atoms with Crippen LogP contribution in [0.15, 0.2) is 42.6 Å². The van der Waals surface area contributed by atoms with Crippen LogP contribution in [0.1, 0.15) is 43.7 Å². The molecule has 10 nitrogen and oxygen atoms in total. The number of hydrogen-bond acceptors (Lipinski definition) is 7. The maximum atomic E-state index is 13.2. The Balaban J connectivity index is 2.08. The standard InChI is InChI=1S/C22H25N5O5/c1-6-32-17-11-14(15(27(29)30)12-16(17)31-5)21(28)24-20-13-18(22(2,3)4)25-26(20)19-9-7-8-10-23-19/h7-13H,6H2,1-5H3,(H,24,28). The number of nitro groups is 1. The van der Waals surface area contributed by atoms with Gasteiger partial charge in [-0.05, 0) is 19.1 Å². The number of amides is 1. The zero-order valence-corrected chi connectivity index (χ0v) is 18.6. The molecule has 2 aromatic heterocycles. The number of anilines is 1. The maximum Gasteiger partial charge on any atom is 0.286 e. The number of carbonyl (C=O) groups excluding carboxylic acids is 1. The van der Waals surface area contributed by atoms with Crippen LogP contribution in [0.4, 0.5) is 11.5 Å². The highest BCUT2D eigenvalue weighted by atomic mass is 16.6. The molecule has 0 fully saturated rings. The van der Waals surface area contributed by atoms with Crippen LogP contribution in [-0.4, -0.2) is 39.3 Å². The number of methoxy groups -OCH3 is 1. The Hall–Kier alpha value is -3.95. The quantitative estimate of drug-likeness (QED) is 0.434. The van der Waals surface area contributed by atoms with Crippen molar-refractivity contribution < 1.29 is 19.2 Å². The molecule has 1 amide bonds. The third-order valence-corrected chi connectivity index (χ3v) is 4.61. The molecule has 0 saturated carbocycles. The molecule has 32 heavy (non-hydrogen) atoms. The minimum Gasteiger partial charge on any atom is -0.493 e. The monoisotopic (exact) mass is 439 g/mol. The Morgan fingerprint density at radius 2 is 1.97 bits per heavy atom. The lowest BCUT2D eigenvalue weighted by atomic mass is 9.92. The molecule has 0 spiro atoms. The molecule has 2 heterocycles. The molecule has 0 aliphatic carbocycles. The van der Waals surface area contributed by atoms with Crippen molar-refractivity contribution in [3.63, 3.8) is 0 Å². The first-order chi connectivity index (χ1) is 15.2. The number of nitro benzene ring substituents is 1. The van der Waals surface area contributed by atoms with Crippen molar-refractivity contribution in [2.24, 2.45) is 0 Å². The Kier molecular flexibility index (Phi) is 6.42. The lowest BCUT2D eigenvalue weighted by Gasteiger charge is -2.13. The normalized spacial score (nSPS) is 11.2. The SMILES string of the molecule is CCOc1cc(C(=O)Nc2cc(C(C)(C)C)nn2-c2ccccn2)c([N+](=O)[O-])cc1OC. The van der Waals surface area contributed by atoms with Gasteiger partial charge >= 0.3 is 0 Å². The highest BCUT2D eigenvalue weighted by Gasteiger charge is 2.27. The van der Waals surface area contributed by atoms with E-state index in [0.717, 1.165) is 5.69 Å². The van der Waals surface area contributed by atoms with Gasteiger partial charge in [0.2, 0.25) is 0 Å².